The first-order chi connectivity index (χ1) is 11.9. The number of hydrogen-bond acceptors (Lipinski definition) is 3. The Balaban J connectivity index is 3.41. The maximum absolute atomic E-state index is 12.9. The highest BCUT2D eigenvalue weighted by Crippen LogP contribution is 2.29. The summed E-state index contributed by atoms with van der Waals surface area (Å²) < 4.78 is 26.9. The van der Waals surface area contributed by atoms with Gasteiger partial charge in [0.25, 0.3) is 0 Å². The summed E-state index contributed by atoms with van der Waals surface area (Å²) in [5.41, 5.74) is 3.62. The molecule has 26 heavy (non-hydrogen) atoms. The second-order valence-corrected chi connectivity index (χ2v) is 15.2. The van der Waals surface area contributed by atoms with Crippen molar-refractivity contribution in [2.45, 2.75) is 63.7 Å². The van der Waals surface area contributed by atoms with Crippen LogP contribution in [0, 0.1) is 11.5 Å². The van der Waals surface area contributed by atoms with Crippen LogP contribution in [-0.4, -0.2) is 37.0 Å². The van der Waals surface area contributed by atoms with E-state index in [2.05, 4.69) is 35.8 Å². The highest BCUT2D eigenvalue weighted by Gasteiger charge is 2.40. The standard InChI is InChI=1S/C20H33NO3SSi/c1-19(2,3)25(22)21-20(4,17-12-10-9-11-13-17)18(24-16-23-5)14-15-26(6,7)8/h9-13,18,21H,16H2,1-8H3/t18-,20+,25-/m0/s1. The maximum Gasteiger partial charge on any atom is 0.148 e. The molecule has 0 bridgehead atoms. The van der Waals surface area contributed by atoms with Crippen LogP contribution in [-0.2, 0) is 26.0 Å². The maximum atomic E-state index is 12.9. The molecule has 0 aliphatic heterocycles. The molecule has 1 aromatic carbocycles. The zero-order chi connectivity index (χ0) is 20.0. The van der Waals surface area contributed by atoms with E-state index in [0.717, 1.165) is 5.56 Å². The molecule has 6 heteroatoms. The smallest absolute Gasteiger partial charge is 0.148 e. The van der Waals surface area contributed by atoms with Crippen LogP contribution in [0.15, 0.2) is 30.3 Å². The second-order valence-electron chi connectivity index (χ2n) is 8.52. The van der Waals surface area contributed by atoms with Crippen molar-refractivity contribution in [1.29, 1.82) is 0 Å². The molecule has 3 atom stereocenters. The minimum absolute atomic E-state index is 0.122. The van der Waals surface area contributed by atoms with E-state index in [1.807, 2.05) is 58.0 Å². The van der Waals surface area contributed by atoms with E-state index in [9.17, 15) is 4.21 Å². The van der Waals surface area contributed by atoms with Crippen molar-refractivity contribution in [3.05, 3.63) is 35.9 Å². The molecule has 1 N–H and O–H groups in total. The fraction of sp³-hybridized carbons (Fsp3) is 0.600. The van der Waals surface area contributed by atoms with Crippen molar-refractivity contribution < 1.29 is 13.7 Å². The molecule has 0 spiro atoms. The zero-order valence-corrected chi connectivity index (χ0v) is 19.1. The molecule has 0 aliphatic rings. The Bertz CT molecular complexity index is 656. The fourth-order valence-corrected chi connectivity index (χ4v) is 3.64. The van der Waals surface area contributed by atoms with Crippen LogP contribution >= 0.6 is 0 Å². The van der Waals surface area contributed by atoms with Gasteiger partial charge in [-0.05, 0) is 33.3 Å². The first-order valence-corrected chi connectivity index (χ1v) is 13.4. The van der Waals surface area contributed by atoms with Gasteiger partial charge in [0, 0.05) is 7.11 Å². The van der Waals surface area contributed by atoms with Crippen LogP contribution < -0.4 is 4.72 Å². The Kier molecular flexibility index (Phi) is 8.24. The van der Waals surface area contributed by atoms with E-state index < -0.39 is 35.4 Å². The normalized spacial score (nSPS) is 16.9. The molecule has 0 radical (unpaired) electrons. The summed E-state index contributed by atoms with van der Waals surface area (Å²) in [4.78, 5) is 0. The molecule has 0 aromatic heterocycles. The Hall–Kier alpha value is -0.973. The summed E-state index contributed by atoms with van der Waals surface area (Å²) in [6.45, 7) is 14.5. The summed E-state index contributed by atoms with van der Waals surface area (Å²) in [7, 11) is -1.30. The molecular weight excluding hydrogens is 362 g/mol. The number of hydrogen-bond donors (Lipinski definition) is 1. The zero-order valence-electron chi connectivity index (χ0n) is 17.3. The lowest BCUT2D eigenvalue weighted by Crippen LogP contribution is -2.53. The predicted octanol–water partition coefficient (Wildman–Crippen LogP) is 3.82. The van der Waals surface area contributed by atoms with Crippen molar-refractivity contribution in [1.82, 2.24) is 4.72 Å². The van der Waals surface area contributed by atoms with Crippen molar-refractivity contribution in [2.24, 2.45) is 0 Å². The number of ether oxygens (including phenoxy) is 2. The minimum Gasteiger partial charge on any atom is -0.359 e. The van der Waals surface area contributed by atoms with Crippen molar-refractivity contribution in [3.63, 3.8) is 0 Å². The van der Waals surface area contributed by atoms with Crippen molar-refractivity contribution in [2.75, 3.05) is 13.9 Å². The SMILES string of the molecule is COCO[C@@H](C#C[Si](C)(C)C)[C@](C)(N[S@@](=O)C(C)(C)C)c1ccccc1. The third-order valence-electron chi connectivity index (χ3n) is 3.69. The lowest BCUT2D eigenvalue weighted by atomic mass is 9.87. The minimum atomic E-state index is -1.60. The van der Waals surface area contributed by atoms with Gasteiger partial charge >= 0.3 is 0 Å². The molecule has 1 rings (SSSR count). The van der Waals surface area contributed by atoms with E-state index in [1.165, 1.54) is 0 Å². The first kappa shape index (κ1) is 23.1. The summed E-state index contributed by atoms with van der Waals surface area (Å²) in [6.07, 6.45) is -0.497. The summed E-state index contributed by atoms with van der Waals surface area (Å²) in [5, 5.41) is 0. The highest BCUT2D eigenvalue weighted by molar-refractivity contribution is 7.84. The van der Waals surface area contributed by atoms with E-state index in [4.69, 9.17) is 9.47 Å². The van der Waals surface area contributed by atoms with E-state index in [0.29, 0.717) is 0 Å². The predicted molar refractivity (Wildman–Crippen MR) is 113 cm³/mol. The lowest BCUT2D eigenvalue weighted by Gasteiger charge is -2.37. The number of rotatable bonds is 7. The van der Waals surface area contributed by atoms with Gasteiger partial charge in [-0.25, -0.2) is 8.93 Å². The van der Waals surface area contributed by atoms with Gasteiger partial charge in [0.1, 0.15) is 21.0 Å². The Morgan fingerprint density at radius 2 is 1.73 bits per heavy atom. The summed E-state index contributed by atoms with van der Waals surface area (Å²) >= 11 is 0. The Morgan fingerprint density at radius 1 is 1.15 bits per heavy atom. The Labute approximate surface area is 162 Å². The lowest BCUT2D eigenvalue weighted by molar-refractivity contribution is -0.0762. The van der Waals surface area contributed by atoms with E-state index >= 15 is 0 Å². The first-order valence-electron chi connectivity index (χ1n) is 8.78. The number of benzene rings is 1. The third kappa shape index (κ3) is 6.97. The van der Waals surface area contributed by atoms with Crippen molar-refractivity contribution in [3.8, 4) is 11.5 Å². The second kappa shape index (κ2) is 9.29. The largest absolute Gasteiger partial charge is 0.359 e. The van der Waals surface area contributed by atoms with Gasteiger partial charge in [-0.2, -0.15) is 0 Å². The molecule has 0 unspecified atom stereocenters. The summed E-state index contributed by atoms with van der Waals surface area (Å²) in [6, 6.07) is 9.91. The van der Waals surface area contributed by atoms with Gasteiger partial charge < -0.3 is 9.47 Å². The average molecular weight is 396 g/mol. The van der Waals surface area contributed by atoms with Crippen molar-refractivity contribution >= 4 is 19.1 Å². The van der Waals surface area contributed by atoms with E-state index in [-0.39, 0.29) is 6.79 Å². The van der Waals surface area contributed by atoms with Crippen LogP contribution in [0.25, 0.3) is 0 Å². The molecule has 0 amide bonds. The molecule has 0 saturated carbocycles. The summed E-state index contributed by atoms with van der Waals surface area (Å²) in [5.74, 6) is 3.30. The topological polar surface area (TPSA) is 47.6 Å². The van der Waals surface area contributed by atoms with Crippen LogP contribution in [0.2, 0.25) is 19.6 Å². The number of nitrogens with one attached hydrogen (secondary N) is 1. The van der Waals surface area contributed by atoms with Crippen LogP contribution in [0.5, 0.6) is 0 Å². The number of methoxy groups -OCH3 is 1. The van der Waals surface area contributed by atoms with Gasteiger partial charge in [-0.15, -0.1) is 5.54 Å². The van der Waals surface area contributed by atoms with Gasteiger partial charge in [-0.1, -0.05) is 55.9 Å². The van der Waals surface area contributed by atoms with Gasteiger partial charge in [-0.3, -0.25) is 0 Å². The molecule has 1 aromatic rings. The van der Waals surface area contributed by atoms with E-state index in [1.54, 1.807) is 7.11 Å². The Morgan fingerprint density at radius 3 is 2.19 bits per heavy atom. The molecule has 4 nitrogen and oxygen atoms in total. The van der Waals surface area contributed by atoms with Gasteiger partial charge in [0.05, 0.1) is 21.3 Å². The molecule has 0 fully saturated rings. The molecule has 0 heterocycles. The average Bonchev–Trinajstić information content (AvgIpc) is 2.53. The molecule has 0 saturated heterocycles. The van der Waals surface area contributed by atoms with Crippen LogP contribution in [0.4, 0.5) is 0 Å². The van der Waals surface area contributed by atoms with Gasteiger partial charge in [0.2, 0.25) is 0 Å². The third-order valence-corrected chi connectivity index (χ3v) is 6.31. The van der Waals surface area contributed by atoms with Crippen LogP contribution in [0.3, 0.4) is 0 Å². The highest BCUT2D eigenvalue weighted by atomic mass is 32.2. The molecule has 146 valence electrons. The van der Waals surface area contributed by atoms with Crippen LogP contribution in [0.1, 0.15) is 33.3 Å². The van der Waals surface area contributed by atoms with Gasteiger partial charge in [0.15, 0.2) is 0 Å². The quantitative estimate of drug-likeness (QED) is 0.434. The monoisotopic (exact) mass is 395 g/mol. The molecular formula is C20H33NO3SSi. The fourth-order valence-electron chi connectivity index (χ4n) is 2.16. The molecule has 0 aliphatic carbocycles.